The molecule has 0 aliphatic rings. The van der Waals surface area contributed by atoms with Gasteiger partial charge in [-0.05, 0) is 60.2 Å². The average molecular weight is 497 g/mol. The standard InChI is InChI=1S/C32H21N2O2P/c1-2-12-22(13-3-1)37(29-20-10-4-14-23(29)31-33-25-16-6-8-18-27(25)35-31)30-21-11-5-15-24(30)32-34-26-17-7-9-19-28(26)36-32/h1-21H. The van der Waals surface area contributed by atoms with Gasteiger partial charge in [-0.2, -0.15) is 0 Å². The molecule has 0 radical (unpaired) electrons. The highest BCUT2D eigenvalue weighted by Crippen LogP contribution is 2.40. The number of hydrogen-bond acceptors (Lipinski definition) is 4. The third-order valence-electron chi connectivity index (χ3n) is 6.35. The lowest BCUT2D eigenvalue weighted by Gasteiger charge is -2.23. The van der Waals surface area contributed by atoms with Crippen LogP contribution in [0.25, 0.3) is 45.1 Å². The number of hydrogen-bond donors (Lipinski definition) is 0. The van der Waals surface area contributed by atoms with Crippen LogP contribution >= 0.6 is 7.92 Å². The SMILES string of the molecule is c1ccc(P(c2ccccc2-c2nc3ccccc3o2)c2ccccc2-c2nc3ccccc3o2)cc1. The van der Waals surface area contributed by atoms with Crippen LogP contribution in [0.15, 0.2) is 136 Å². The van der Waals surface area contributed by atoms with E-state index >= 15 is 0 Å². The number of oxazole rings is 2. The Morgan fingerprint density at radius 2 is 0.865 bits per heavy atom. The zero-order chi connectivity index (χ0) is 24.6. The molecule has 0 aliphatic carbocycles. The second-order valence-corrected chi connectivity index (χ2v) is 10.8. The molecule has 7 aromatic rings. The Bertz CT molecular complexity index is 1670. The van der Waals surface area contributed by atoms with Crippen molar-refractivity contribution in [2.45, 2.75) is 0 Å². The van der Waals surface area contributed by atoms with E-state index in [1.807, 2.05) is 60.7 Å². The van der Waals surface area contributed by atoms with Gasteiger partial charge in [-0.3, -0.25) is 0 Å². The second-order valence-electron chi connectivity index (χ2n) is 8.68. The number of rotatable bonds is 5. The quantitative estimate of drug-likeness (QED) is 0.239. The third kappa shape index (κ3) is 3.92. The average Bonchev–Trinajstić information content (AvgIpc) is 3.59. The van der Waals surface area contributed by atoms with Crippen molar-refractivity contribution in [2.75, 3.05) is 0 Å². The Morgan fingerprint density at radius 1 is 0.432 bits per heavy atom. The summed E-state index contributed by atoms with van der Waals surface area (Å²) in [6.07, 6.45) is 0. The first kappa shape index (κ1) is 21.7. The molecule has 0 aliphatic heterocycles. The lowest BCUT2D eigenvalue weighted by molar-refractivity contribution is 0.620. The normalized spacial score (nSPS) is 11.5. The molecule has 0 N–H and O–H groups in total. The van der Waals surface area contributed by atoms with Crippen molar-refractivity contribution in [3.8, 4) is 22.9 Å². The Labute approximate surface area is 215 Å². The minimum atomic E-state index is -0.993. The molecule has 0 bridgehead atoms. The van der Waals surface area contributed by atoms with Crippen molar-refractivity contribution in [3.05, 3.63) is 127 Å². The monoisotopic (exact) mass is 496 g/mol. The van der Waals surface area contributed by atoms with Crippen molar-refractivity contribution in [2.24, 2.45) is 0 Å². The highest BCUT2D eigenvalue weighted by Gasteiger charge is 2.26. The molecule has 0 unspecified atom stereocenters. The van der Waals surface area contributed by atoms with Crippen LogP contribution in [-0.4, -0.2) is 9.97 Å². The lowest BCUT2D eigenvalue weighted by Crippen LogP contribution is -2.23. The summed E-state index contributed by atoms with van der Waals surface area (Å²) in [6, 6.07) is 43.2. The maximum atomic E-state index is 6.24. The number of aromatic nitrogens is 2. The molecule has 5 aromatic carbocycles. The van der Waals surface area contributed by atoms with Gasteiger partial charge in [-0.1, -0.05) is 91.0 Å². The summed E-state index contributed by atoms with van der Waals surface area (Å²) in [4.78, 5) is 9.67. The van der Waals surface area contributed by atoms with Gasteiger partial charge < -0.3 is 8.83 Å². The zero-order valence-corrected chi connectivity index (χ0v) is 20.7. The smallest absolute Gasteiger partial charge is 0.227 e. The number of para-hydroxylation sites is 4. The van der Waals surface area contributed by atoms with E-state index in [4.69, 9.17) is 18.8 Å². The summed E-state index contributed by atoms with van der Waals surface area (Å²) >= 11 is 0. The summed E-state index contributed by atoms with van der Waals surface area (Å²) in [7, 11) is -0.993. The molecule has 0 spiro atoms. The molecule has 0 amide bonds. The maximum Gasteiger partial charge on any atom is 0.227 e. The molecule has 2 aromatic heterocycles. The van der Waals surface area contributed by atoms with Crippen LogP contribution in [0.1, 0.15) is 0 Å². The van der Waals surface area contributed by atoms with E-state index < -0.39 is 7.92 Å². The van der Waals surface area contributed by atoms with E-state index in [1.165, 1.54) is 15.9 Å². The van der Waals surface area contributed by atoms with Crippen LogP contribution in [0.2, 0.25) is 0 Å². The van der Waals surface area contributed by atoms with Gasteiger partial charge in [0.25, 0.3) is 0 Å². The molecule has 0 saturated carbocycles. The largest absolute Gasteiger partial charge is 0.436 e. The fourth-order valence-electron chi connectivity index (χ4n) is 4.66. The summed E-state index contributed by atoms with van der Waals surface area (Å²) < 4.78 is 12.5. The van der Waals surface area contributed by atoms with Gasteiger partial charge in [0.05, 0.1) is 0 Å². The number of nitrogens with zero attached hydrogens (tertiary/aromatic N) is 2. The first-order chi connectivity index (χ1) is 18.3. The summed E-state index contributed by atoms with van der Waals surface area (Å²) in [5.41, 5.74) is 5.24. The van der Waals surface area contributed by atoms with Crippen LogP contribution in [0.3, 0.4) is 0 Å². The van der Waals surface area contributed by atoms with Crippen LogP contribution < -0.4 is 15.9 Å². The van der Waals surface area contributed by atoms with E-state index in [0.717, 1.165) is 33.3 Å². The summed E-state index contributed by atoms with van der Waals surface area (Å²) in [5.74, 6) is 1.25. The Morgan fingerprint density at radius 3 is 1.38 bits per heavy atom. The predicted octanol–water partition coefficient (Wildman–Crippen LogP) is 7.06. The zero-order valence-electron chi connectivity index (χ0n) is 19.8. The lowest BCUT2D eigenvalue weighted by atomic mass is 10.2. The van der Waals surface area contributed by atoms with Crippen molar-refractivity contribution < 1.29 is 8.83 Å². The van der Waals surface area contributed by atoms with Crippen molar-refractivity contribution in [3.63, 3.8) is 0 Å². The van der Waals surface area contributed by atoms with E-state index in [0.29, 0.717) is 11.8 Å². The van der Waals surface area contributed by atoms with Gasteiger partial charge in [0.2, 0.25) is 11.8 Å². The molecule has 7 rings (SSSR count). The highest BCUT2D eigenvalue weighted by atomic mass is 31.1. The van der Waals surface area contributed by atoms with Gasteiger partial charge in [-0.25, -0.2) is 9.97 Å². The van der Waals surface area contributed by atoms with Crippen LogP contribution in [0.4, 0.5) is 0 Å². The number of benzene rings is 5. The van der Waals surface area contributed by atoms with Crippen molar-refractivity contribution in [1.82, 2.24) is 9.97 Å². The van der Waals surface area contributed by atoms with Crippen molar-refractivity contribution in [1.29, 1.82) is 0 Å². The molecule has 2 heterocycles. The highest BCUT2D eigenvalue weighted by molar-refractivity contribution is 7.80. The molecule has 37 heavy (non-hydrogen) atoms. The minimum absolute atomic E-state index is 0.625. The summed E-state index contributed by atoms with van der Waals surface area (Å²) in [5, 5.41) is 3.56. The minimum Gasteiger partial charge on any atom is -0.436 e. The number of fused-ring (bicyclic) bond motifs is 2. The molecule has 0 atom stereocenters. The summed E-state index contributed by atoms with van der Waals surface area (Å²) in [6.45, 7) is 0. The van der Waals surface area contributed by atoms with Crippen LogP contribution in [0, 0.1) is 0 Å². The topological polar surface area (TPSA) is 52.1 Å². The Balaban J connectivity index is 1.46. The molecule has 0 saturated heterocycles. The van der Waals surface area contributed by atoms with E-state index in [1.54, 1.807) is 0 Å². The van der Waals surface area contributed by atoms with Gasteiger partial charge in [0, 0.05) is 11.1 Å². The molecular weight excluding hydrogens is 475 g/mol. The Hall–Kier alpha value is -4.53. The first-order valence-electron chi connectivity index (χ1n) is 12.1. The molecular formula is C32H21N2O2P. The molecule has 176 valence electrons. The molecule has 0 fully saturated rings. The molecule has 5 heteroatoms. The van der Waals surface area contributed by atoms with Gasteiger partial charge in [0.1, 0.15) is 11.0 Å². The Kier molecular flexibility index (Phi) is 5.38. The molecule has 4 nitrogen and oxygen atoms in total. The van der Waals surface area contributed by atoms with Crippen LogP contribution in [0.5, 0.6) is 0 Å². The van der Waals surface area contributed by atoms with E-state index in [-0.39, 0.29) is 0 Å². The van der Waals surface area contributed by atoms with Gasteiger partial charge in [0.15, 0.2) is 11.2 Å². The van der Waals surface area contributed by atoms with E-state index in [9.17, 15) is 0 Å². The fourth-order valence-corrected chi connectivity index (χ4v) is 7.24. The van der Waals surface area contributed by atoms with Gasteiger partial charge in [-0.15, -0.1) is 0 Å². The van der Waals surface area contributed by atoms with Crippen molar-refractivity contribution >= 4 is 46.0 Å². The van der Waals surface area contributed by atoms with Crippen LogP contribution in [-0.2, 0) is 0 Å². The fraction of sp³-hybridized carbons (Fsp3) is 0. The third-order valence-corrected chi connectivity index (χ3v) is 8.91. The van der Waals surface area contributed by atoms with Gasteiger partial charge >= 0.3 is 0 Å². The predicted molar refractivity (Wildman–Crippen MR) is 151 cm³/mol. The van der Waals surface area contributed by atoms with E-state index in [2.05, 4.69) is 66.7 Å². The first-order valence-corrected chi connectivity index (χ1v) is 13.4. The second kappa shape index (κ2) is 9.16. The maximum absolute atomic E-state index is 6.24.